The van der Waals surface area contributed by atoms with Gasteiger partial charge in [-0.3, -0.25) is 4.79 Å². The van der Waals surface area contributed by atoms with E-state index in [1.54, 1.807) is 16.4 Å². The van der Waals surface area contributed by atoms with Crippen molar-refractivity contribution >= 4 is 40.9 Å². The zero-order chi connectivity index (χ0) is 26.1. The normalized spacial score (nSPS) is 14.8. The van der Waals surface area contributed by atoms with E-state index < -0.39 is 6.04 Å². The van der Waals surface area contributed by atoms with E-state index in [9.17, 15) is 4.79 Å². The lowest BCUT2D eigenvalue weighted by molar-refractivity contribution is -0.113. The molecule has 0 spiro atoms. The molecule has 1 unspecified atom stereocenters. The van der Waals surface area contributed by atoms with Gasteiger partial charge < -0.3 is 10.6 Å². The standard InChI is InChI=1S/C29H28ClN5OS/c1-17-6-5-7-21(15-17)16-37-29-33-28-31-20(4)25(27(36)32-24-13-8-18(2)14-19(24)3)26(35(28)34-29)22-9-11-23(30)12-10-22/h5-15,26H,16H2,1-4H3,(H,32,36)(H,31,33,34). The van der Waals surface area contributed by atoms with E-state index in [2.05, 4.69) is 47.9 Å². The summed E-state index contributed by atoms with van der Waals surface area (Å²) in [5.74, 6) is 1.17. The van der Waals surface area contributed by atoms with Gasteiger partial charge in [-0.15, -0.1) is 5.10 Å². The number of anilines is 2. The van der Waals surface area contributed by atoms with Crippen molar-refractivity contribution in [1.29, 1.82) is 0 Å². The van der Waals surface area contributed by atoms with Crippen LogP contribution in [-0.2, 0) is 10.5 Å². The summed E-state index contributed by atoms with van der Waals surface area (Å²) in [5, 5.41) is 12.5. The van der Waals surface area contributed by atoms with Gasteiger partial charge in [-0.2, -0.15) is 4.98 Å². The zero-order valence-electron chi connectivity index (χ0n) is 21.2. The molecule has 188 valence electrons. The van der Waals surface area contributed by atoms with E-state index >= 15 is 0 Å². The SMILES string of the molecule is CC1=C(C(=O)Nc2ccc(C)cc2C)C(c2ccc(Cl)cc2)n2nc(SCc3cccc(C)c3)nc2N1. The third-order valence-electron chi connectivity index (χ3n) is 6.34. The lowest BCUT2D eigenvalue weighted by Gasteiger charge is -2.29. The number of aromatic nitrogens is 3. The van der Waals surface area contributed by atoms with Crippen LogP contribution in [-0.4, -0.2) is 20.7 Å². The van der Waals surface area contributed by atoms with Gasteiger partial charge in [0.15, 0.2) is 0 Å². The maximum absolute atomic E-state index is 13.7. The zero-order valence-corrected chi connectivity index (χ0v) is 22.7. The number of benzene rings is 3. The quantitative estimate of drug-likeness (QED) is 0.261. The van der Waals surface area contributed by atoms with E-state index in [4.69, 9.17) is 21.7 Å². The Balaban J connectivity index is 1.49. The number of amides is 1. The minimum Gasteiger partial charge on any atom is -0.328 e. The van der Waals surface area contributed by atoms with E-state index in [0.717, 1.165) is 33.8 Å². The first kappa shape index (κ1) is 25.1. The molecule has 0 fully saturated rings. The molecule has 8 heteroatoms. The van der Waals surface area contributed by atoms with Gasteiger partial charge in [0.2, 0.25) is 11.1 Å². The first-order valence-electron chi connectivity index (χ1n) is 12.1. The Kier molecular flexibility index (Phi) is 7.09. The van der Waals surface area contributed by atoms with E-state index in [1.807, 2.05) is 57.2 Å². The average Bonchev–Trinajstić information content (AvgIpc) is 3.26. The van der Waals surface area contributed by atoms with Gasteiger partial charge in [-0.25, -0.2) is 4.68 Å². The predicted molar refractivity (Wildman–Crippen MR) is 151 cm³/mol. The number of carbonyl (C=O) groups excluding carboxylic acids is 1. The Hall–Kier alpha value is -3.55. The Morgan fingerprint density at radius 2 is 1.78 bits per heavy atom. The third-order valence-corrected chi connectivity index (χ3v) is 7.50. The van der Waals surface area contributed by atoms with Gasteiger partial charge in [0, 0.05) is 22.2 Å². The van der Waals surface area contributed by atoms with Crippen LogP contribution in [0.5, 0.6) is 0 Å². The van der Waals surface area contributed by atoms with Crippen molar-refractivity contribution in [1.82, 2.24) is 14.8 Å². The molecule has 1 amide bonds. The number of hydrogen-bond acceptors (Lipinski definition) is 5. The smallest absolute Gasteiger partial charge is 0.255 e. The minimum atomic E-state index is -0.458. The number of aryl methyl sites for hydroxylation is 3. The summed E-state index contributed by atoms with van der Waals surface area (Å²) in [7, 11) is 0. The molecule has 1 aliphatic rings. The van der Waals surface area contributed by atoms with Crippen LogP contribution in [0.25, 0.3) is 0 Å². The first-order valence-corrected chi connectivity index (χ1v) is 13.4. The van der Waals surface area contributed by atoms with E-state index in [-0.39, 0.29) is 5.91 Å². The Labute approximate surface area is 226 Å². The van der Waals surface area contributed by atoms with Crippen molar-refractivity contribution in [2.75, 3.05) is 10.6 Å². The van der Waals surface area contributed by atoms with Crippen molar-refractivity contribution < 1.29 is 4.79 Å². The molecule has 37 heavy (non-hydrogen) atoms. The Bertz CT molecular complexity index is 1510. The second kappa shape index (κ2) is 10.4. The molecule has 0 bridgehead atoms. The topological polar surface area (TPSA) is 71.8 Å². The number of nitrogens with one attached hydrogen (secondary N) is 2. The molecule has 3 aromatic carbocycles. The summed E-state index contributed by atoms with van der Waals surface area (Å²) in [6.45, 7) is 8.01. The highest BCUT2D eigenvalue weighted by atomic mass is 35.5. The number of halogens is 1. The second-order valence-corrected chi connectivity index (χ2v) is 10.7. The van der Waals surface area contributed by atoms with Gasteiger partial charge in [0.05, 0.1) is 5.57 Å². The number of rotatable bonds is 6. The summed E-state index contributed by atoms with van der Waals surface area (Å²) in [4.78, 5) is 18.5. The average molecular weight is 530 g/mol. The molecule has 0 saturated carbocycles. The fraction of sp³-hybridized carbons (Fsp3) is 0.207. The van der Waals surface area contributed by atoms with Crippen LogP contribution in [0.2, 0.25) is 5.02 Å². The van der Waals surface area contributed by atoms with Crippen LogP contribution in [0.3, 0.4) is 0 Å². The molecule has 2 heterocycles. The summed E-state index contributed by atoms with van der Waals surface area (Å²) in [6, 6.07) is 21.5. The molecule has 6 nitrogen and oxygen atoms in total. The van der Waals surface area contributed by atoms with Crippen molar-refractivity contribution in [2.45, 2.75) is 44.6 Å². The monoisotopic (exact) mass is 529 g/mol. The van der Waals surface area contributed by atoms with Crippen molar-refractivity contribution in [2.24, 2.45) is 0 Å². The molecule has 0 saturated heterocycles. The Morgan fingerprint density at radius 3 is 2.51 bits per heavy atom. The van der Waals surface area contributed by atoms with Crippen molar-refractivity contribution in [3.63, 3.8) is 0 Å². The largest absolute Gasteiger partial charge is 0.328 e. The second-order valence-electron chi connectivity index (χ2n) is 9.33. The maximum atomic E-state index is 13.7. The van der Waals surface area contributed by atoms with Crippen LogP contribution >= 0.6 is 23.4 Å². The van der Waals surface area contributed by atoms with E-state index in [1.165, 1.54) is 11.1 Å². The fourth-order valence-corrected chi connectivity index (χ4v) is 5.43. The molecule has 1 atom stereocenters. The molecule has 0 radical (unpaired) electrons. The van der Waals surface area contributed by atoms with Crippen molar-refractivity contribution in [3.8, 4) is 0 Å². The number of fused-ring (bicyclic) bond motifs is 1. The summed E-state index contributed by atoms with van der Waals surface area (Å²) in [6.07, 6.45) is 0. The molecular weight excluding hydrogens is 502 g/mol. The van der Waals surface area contributed by atoms with Gasteiger partial charge in [0.25, 0.3) is 5.91 Å². The van der Waals surface area contributed by atoms with Crippen molar-refractivity contribution in [3.05, 3.63) is 111 Å². The van der Waals surface area contributed by atoms with Gasteiger partial charge in [0.1, 0.15) is 6.04 Å². The highest BCUT2D eigenvalue weighted by molar-refractivity contribution is 7.98. The molecule has 5 rings (SSSR count). The van der Waals surface area contributed by atoms with Crippen LogP contribution in [0.1, 0.15) is 40.8 Å². The third kappa shape index (κ3) is 5.43. The number of nitrogens with zero attached hydrogens (tertiary/aromatic N) is 3. The van der Waals surface area contributed by atoms with Crippen LogP contribution in [0, 0.1) is 20.8 Å². The Morgan fingerprint density at radius 1 is 1.03 bits per heavy atom. The van der Waals surface area contributed by atoms with Gasteiger partial charge in [-0.05, 0) is 62.6 Å². The number of carbonyl (C=O) groups is 1. The summed E-state index contributed by atoms with van der Waals surface area (Å²) >= 11 is 7.76. The highest BCUT2D eigenvalue weighted by Gasteiger charge is 2.34. The summed E-state index contributed by atoms with van der Waals surface area (Å²) in [5.41, 5.74) is 7.58. The minimum absolute atomic E-state index is 0.188. The number of allylic oxidation sites excluding steroid dienone is 1. The van der Waals surface area contributed by atoms with Crippen LogP contribution < -0.4 is 10.6 Å². The molecular formula is C29H28ClN5OS. The highest BCUT2D eigenvalue weighted by Crippen LogP contribution is 2.37. The molecule has 1 aromatic heterocycles. The van der Waals surface area contributed by atoms with Crippen LogP contribution in [0.4, 0.5) is 11.6 Å². The summed E-state index contributed by atoms with van der Waals surface area (Å²) < 4.78 is 1.80. The number of hydrogen-bond donors (Lipinski definition) is 2. The lowest BCUT2D eigenvalue weighted by atomic mass is 9.95. The predicted octanol–water partition coefficient (Wildman–Crippen LogP) is 7.08. The molecule has 1 aliphatic heterocycles. The molecule has 0 aliphatic carbocycles. The molecule has 2 N–H and O–H groups in total. The maximum Gasteiger partial charge on any atom is 0.255 e. The molecule has 4 aromatic rings. The van der Waals surface area contributed by atoms with Gasteiger partial charge >= 0.3 is 0 Å². The lowest BCUT2D eigenvalue weighted by Crippen LogP contribution is -2.31. The fourth-order valence-electron chi connectivity index (χ4n) is 4.53. The first-order chi connectivity index (χ1) is 17.8. The van der Waals surface area contributed by atoms with Crippen LogP contribution in [0.15, 0.2) is 83.2 Å². The van der Waals surface area contributed by atoms with E-state index in [0.29, 0.717) is 21.7 Å². The number of thioether (sulfide) groups is 1. The van der Waals surface area contributed by atoms with Gasteiger partial charge in [-0.1, -0.05) is 83.0 Å².